The first-order valence-corrected chi connectivity index (χ1v) is 8.78. The maximum atomic E-state index is 11.0. The topological polar surface area (TPSA) is 68.3 Å². The van der Waals surface area contributed by atoms with Crippen molar-refractivity contribution in [3.8, 4) is 16.3 Å². The van der Waals surface area contributed by atoms with Crippen molar-refractivity contribution in [2.24, 2.45) is 0 Å². The highest BCUT2D eigenvalue weighted by Crippen LogP contribution is 2.25. The summed E-state index contributed by atoms with van der Waals surface area (Å²) in [6.45, 7) is 0.366. The summed E-state index contributed by atoms with van der Waals surface area (Å²) in [6, 6.07) is 7.69. The van der Waals surface area contributed by atoms with Crippen LogP contribution in [0.3, 0.4) is 0 Å². The Hall–Kier alpha value is -1.44. The van der Waals surface area contributed by atoms with E-state index in [0.717, 1.165) is 28.3 Å². The first-order valence-electron chi connectivity index (χ1n) is 6.01. The number of aromatic nitrogens is 1. The zero-order valence-corrected chi connectivity index (χ0v) is 12.9. The lowest BCUT2D eigenvalue weighted by Gasteiger charge is -2.01. The number of methoxy groups -OCH3 is 1. The predicted octanol–water partition coefficient (Wildman–Crippen LogP) is 1.91. The molecular formula is C13H16N2O3S2. The van der Waals surface area contributed by atoms with Crippen molar-refractivity contribution < 1.29 is 13.2 Å². The summed E-state index contributed by atoms with van der Waals surface area (Å²) in [4.78, 5) is 4.50. The van der Waals surface area contributed by atoms with Gasteiger partial charge in [-0.15, -0.1) is 11.3 Å². The van der Waals surface area contributed by atoms with Crippen molar-refractivity contribution in [3.05, 3.63) is 35.3 Å². The quantitative estimate of drug-likeness (QED) is 0.884. The van der Waals surface area contributed by atoms with Gasteiger partial charge in [-0.25, -0.2) is 18.1 Å². The number of rotatable bonds is 6. The Morgan fingerprint density at radius 3 is 2.60 bits per heavy atom. The van der Waals surface area contributed by atoms with Crippen LogP contribution >= 0.6 is 11.3 Å². The molecule has 7 heteroatoms. The fraction of sp³-hybridized carbons (Fsp3) is 0.308. The van der Waals surface area contributed by atoms with Gasteiger partial charge in [0.25, 0.3) is 0 Å². The van der Waals surface area contributed by atoms with Gasteiger partial charge in [-0.2, -0.15) is 0 Å². The van der Waals surface area contributed by atoms with E-state index in [1.54, 1.807) is 18.4 Å². The lowest BCUT2D eigenvalue weighted by molar-refractivity contribution is 0.415. The van der Waals surface area contributed by atoms with Crippen molar-refractivity contribution in [1.29, 1.82) is 0 Å². The molecule has 1 heterocycles. The second-order valence-corrected chi connectivity index (χ2v) is 6.98. The van der Waals surface area contributed by atoms with Crippen molar-refractivity contribution in [3.63, 3.8) is 0 Å². The molecule has 5 nitrogen and oxygen atoms in total. The molecule has 1 aromatic heterocycles. The molecule has 0 bridgehead atoms. The largest absolute Gasteiger partial charge is 0.497 e. The monoisotopic (exact) mass is 312 g/mol. The summed E-state index contributed by atoms with van der Waals surface area (Å²) >= 11 is 1.54. The van der Waals surface area contributed by atoms with E-state index >= 15 is 0 Å². The van der Waals surface area contributed by atoms with E-state index in [4.69, 9.17) is 4.74 Å². The van der Waals surface area contributed by atoms with Crippen LogP contribution in [0.4, 0.5) is 0 Å². The number of benzene rings is 1. The first kappa shape index (κ1) is 15.0. The molecule has 108 valence electrons. The number of ether oxygens (including phenoxy) is 1. The highest BCUT2D eigenvalue weighted by Gasteiger charge is 2.06. The molecular weight excluding hydrogens is 296 g/mol. The second kappa shape index (κ2) is 6.34. The first-order chi connectivity index (χ1) is 9.48. The smallest absolute Gasteiger partial charge is 0.208 e. The number of thiazole rings is 1. The maximum Gasteiger partial charge on any atom is 0.208 e. The Morgan fingerprint density at radius 1 is 1.30 bits per heavy atom. The van der Waals surface area contributed by atoms with Gasteiger partial charge in [0.1, 0.15) is 10.8 Å². The Bertz CT molecular complexity index is 663. The predicted molar refractivity (Wildman–Crippen MR) is 80.7 cm³/mol. The molecule has 0 aliphatic carbocycles. The Balaban J connectivity index is 2.01. The Kier molecular flexibility index (Phi) is 4.74. The van der Waals surface area contributed by atoms with E-state index in [0.29, 0.717) is 13.0 Å². The van der Waals surface area contributed by atoms with Crippen molar-refractivity contribution in [2.45, 2.75) is 6.42 Å². The van der Waals surface area contributed by atoms with E-state index < -0.39 is 10.0 Å². The summed E-state index contributed by atoms with van der Waals surface area (Å²) < 4.78 is 29.5. The third-order valence-electron chi connectivity index (χ3n) is 2.63. The van der Waals surface area contributed by atoms with E-state index in [-0.39, 0.29) is 0 Å². The molecule has 2 rings (SSSR count). The van der Waals surface area contributed by atoms with Gasteiger partial charge in [-0.3, -0.25) is 0 Å². The lowest BCUT2D eigenvalue weighted by Crippen LogP contribution is -2.24. The van der Waals surface area contributed by atoms with Crippen LogP contribution in [-0.4, -0.2) is 33.3 Å². The van der Waals surface area contributed by atoms with E-state index in [9.17, 15) is 8.42 Å². The average molecular weight is 312 g/mol. The van der Waals surface area contributed by atoms with Gasteiger partial charge in [0.2, 0.25) is 10.0 Å². The summed E-state index contributed by atoms with van der Waals surface area (Å²) in [5.41, 5.74) is 1.91. The summed E-state index contributed by atoms with van der Waals surface area (Å²) in [6.07, 6.45) is 1.73. The third kappa shape index (κ3) is 4.29. The molecule has 0 aliphatic rings. The van der Waals surface area contributed by atoms with E-state index in [1.165, 1.54) is 0 Å². The molecule has 0 radical (unpaired) electrons. The zero-order chi connectivity index (χ0) is 14.6. The number of hydrogen-bond donors (Lipinski definition) is 1. The maximum absolute atomic E-state index is 11.0. The lowest BCUT2D eigenvalue weighted by atomic mass is 10.2. The minimum absolute atomic E-state index is 0.366. The molecule has 0 fully saturated rings. The molecule has 0 saturated carbocycles. The zero-order valence-electron chi connectivity index (χ0n) is 11.3. The van der Waals surface area contributed by atoms with Crippen LogP contribution in [0, 0.1) is 0 Å². The number of hydrogen-bond acceptors (Lipinski definition) is 5. The fourth-order valence-corrected chi connectivity index (χ4v) is 2.99. The number of sulfonamides is 1. The molecule has 20 heavy (non-hydrogen) atoms. The number of nitrogens with zero attached hydrogens (tertiary/aromatic N) is 1. The average Bonchev–Trinajstić information content (AvgIpc) is 2.86. The van der Waals surface area contributed by atoms with Gasteiger partial charge in [0.15, 0.2) is 0 Å². The van der Waals surface area contributed by atoms with Crippen LogP contribution in [-0.2, 0) is 16.4 Å². The minimum atomic E-state index is -3.14. The SMILES string of the molecule is COc1ccc(-c2nc(CCNS(C)(=O)=O)cs2)cc1. The Labute approximate surface area is 122 Å². The summed E-state index contributed by atoms with van der Waals surface area (Å²) in [7, 11) is -1.51. The fourth-order valence-electron chi connectivity index (χ4n) is 1.65. The third-order valence-corrected chi connectivity index (χ3v) is 4.30. The highest BCUT2D eigenvalue weighted by molar-refractivity contribution is 7.88. The minimum Gasteiger partial charge on any atom is -0.497 e. The molecule has 0 spiro atoms. The molecule has 1 N–H and O–H groups in total. The van der Waals surface area contributed by atoms with Gasteiger partial charge in [0.05, 0.1) is 19.1 Å². The van der Waals surface area contributed by atoms with Crippen LogP contribution in [0.2, 0.25) is 0 Å². The summed E-state index contributed by atoms with van der Waals surface area (Å²) in [5.74, 6) is 0.808. The Morgan fingerprint density at radius 2 is 2.00 bits per heavy atom. The van der Waals surface area contributed by atoms with Crippen LogP contribution in [0.1, 0.15) is 5.69 Å². The normalized spacial score (nSPS) is 11.5. The van der Waals surface area contributed by atoms with Crippen molar-refractivity contribution in [1.82, 2.24) is 9.71 Å². The van der Waals surface area contributed by atoms with E-state index in [2.05, 4.69) is 9.71 Å². The van der Waals surface area contributed by atoms with Gasteiger partial charge in [0, 0.05) is 23.9 Å². The van der Waals surface area contributed by atoms with Crippen molar-refractivity contribution >= 4 is 21.4 Å². The molecule has 0 saturated heterocycles. The highest BCUT2D eigenvalue weighted by atomic mass is 32.2. The standard InChI is InChI=1S/C13H16N2O3S2/c1-18-12-5-3-10(4-6-12)13-15-11(9-19-13)7-8-14-20(2,16)17/h3-6,9,14H,7-8H2,1-2H3. The second-order valence-electron chi connectivity index (χ2n) is 4.29. The van der Waals surface area contributed by atoms with Gasteiger partial charge < -0.3 is 4.74 Å². The molecule has 0 aliphatic heterocycles. The summed E-state index contributed by atoms with van der Waals surface area (Å²) in [5, 5.41) is 2.87. The molecule has 0 amide bonds. The van der Waals surface area contributed by atoms with Crippen LogP contribution in [0.15, 0.2) is 29.6 Å². The van der Waals surface area contributed by atoms with Gasteiger partial charge in [-0.05, 0) is 24.3 Å². The van der Waals surface area contributed by atoms with Gasteiger partial charge >= 0.3 is 0 Å². The molecule has 0 atom stereocenters. The van der Waals surface area contributed by atoms with Crippen LogP contribution in [0.5, 0.6) is 5.75 Å². The van der Waals surface area contributed by atoms with Crippen molar-refractivity contribution in [2.75, 3.05) is 19.9 Å². The number of nitrogens with one attached hydrogen (secondary N) is 1. The van der Waals surface area contributed by atoms with Gasteiger partial charge in [-0.1, -0.05) is 0 Å². The molecule has 1 aromatic carbocycles. The van der Waals surface area contributed by atoms with Crippen LogP contribution < -0.4 is 9.46 Å². The van der Waals surface area contributed by atoms with Crippen LogP contribution in [0.25, 0.3) is 10.6 Å². The molecule has 0 unspecified atom stereocenters. The van der Waals surface area contributed by atoms with E-state index in [1.807, 2.05) is 29.6 Å². The molecule has 2 aromatic rings.